The van der Waals surface area contributed by atoms with Crippen molar-refractivity contribution in [2.75, 3.05) is 24.3 Å². The highest BCUT2D eigenvalue weighted by Crippen LogP contribution is 2.34. The van der Waals surface area contributed by atoms with Crippen molar-refractivity contribution in [1.29, 1.82) is 0 Å². The molecule has 0 saturated heterocycles. The molecule has 0 fully saturated rings. The van der Waals surface area contributed by atoms with Gasteiger partial charge in [-0.05, 0) is 44.0 Å². The Morgan fingerprint density at radius 1 is 1.21 bits per heavy atom. The third kappa shape index (κ3) is 4.61. The molecule has 0 aliphatic carbocycles. The van der Waals surface area contributed by atoms with E-state index in [0.29, 0.717) is 23.6 Å². The van der Waals surface area contributed by atoms with Gasteiger partial charge in [0.05, 0.1) is 29.3 Å². The molecule has 2 amide bonds. The monoisotopic (exact) mass is 405 g/mol. The summed E-state index contributed by atoms with van der Waals surface area (Å²) in [5, 5.41) is 2.84. The summed E-state index contributed by atoms with van der Waals surface area (Å²) < 4.78 is 10.5. The van der Waals surface area contributed by atoms with Gasteiger partial charge in [-0.3, -0.25) is 9.59 Å². The molecule has 8 nitrogen and oxygen atoms in total. The fourth-order valence-corrected chi connectivity index (χ4v) is 3.54. The van der Waals surface area contributed by atoms with Gasteiger partial charge >= 0.3 is 5.97 Å². The summed E-state index contributed by atoms with van der Waals surface area (Å²) in [6.07, 6.45) is 0.832. The van der Waals surface area contributed by atoms with Crippen LogP contribution in [0.5, 0.6) is 5.75 Å². The number of rotatable bonds is 8. The van der Waals surface area contributed by atoms with Crippen molar-refractivity contribution in [2.24, 2.45) is 5.73 Å². The highest BCUT2D eigenvalue weighted by molar-refractivity contribution is 7.18. The van der Waals surface area contributed by atoms with E-state index in [0.717, 1.165) is 17.8 Å². The molecule has 2 aromatic rings. The van der Waals surface area contributed by atoms with Crippen LogP contribution in [0.3, 0.4) is 0 Å². The lowest BCUT2D eigenvalue weighted by molar-refractivity contribution is 0.0527. The van der Waals surface area contributed by atoms with E-state index in [4.69, 9.17) is 20.9 Å². The second kappa shape index (κ2) is 9.23. The van der Waals surface area contributed by atoms with E-state index >= 15 is 0 Å². The normalized spacial score (nSPS) is 10.4. The van der Waals surface area contributed by atoms with Crippen LogP contribution in [0.25, 0.3) is 0 Å². The lowest BCUT2D eigenvalue weighted by Gasteiger charge is -2.10. The molecule has 0 spiro atoms. The van der Waals surface area contributed by atoms with Crippen molar-refractivity contribution in [2.45, 2.75) is 27.2 Å². The van der Waals surface area contributed by atoms with Crippen LogP contribution in [-0.2, 0) is 4.74 Å². The van der Waals surface area contributed by atoms with Crippen LogP contribution in [0.2, 0.25) is 0 Å². The van der Waals surface area contributed by atoms with E-state index < -0.39 is 17.8 Å². The molecular weight excluding hydrogens is 382 g/mol. The van der Waals surface area contributed by atoms with E-state index in [-0.39, 0.29) is 27.6 Å². The highest BCUT2D eigenvalue weighted by atomic mass is 32.1. The SMILES string of the molecule is CCCOc1ccc(C(=O)Nc2sc(C(N)=O)c(C)c2C(=O)OCC)cc1N. The molecule has 0 aliphatic heterocycles. The summed E-state index contributed by atoms with van der Waals surface area (Å²) in [6, 6.07) is 4.66. The summed E-state index contributed by atoms with van der Waals surface area (Å²) >= 11 is 0.927. The fourth-order valence-electron chi connectivity index (χ4n) is 2.49. The number of thiophene rings is 1. The third-order valence-corrected chi connectivity index (χ3v) is 5.03. The Bertz CT molecular complexity index is 907. The first kappa shape index (κ1) is 21.2. The van der Waals surface area contributed by atoms with Gasteiger partial charge in [0.25, 0.3) is 11.8 Å². The molecule has 150 valence electrons. The van der Waals surface area contributed by atoms with Crippen molar-refractivity contribution in [1.82, 2.24) is 0 Å². The molecule has 5 N–H and O–H groups in total. The van der Waals surface area contributed by atoms with Crippen LogP contribution < -0.4 is 21.5 Å². The summed E-state index contributed by atoms with van der Waals surface area (Å²) in [6.45, 7) is 5.89. The number of hydrogen-bond donors (Lipinski definition) is 3. The Labute approximate surface area is 166 Å². The minimum absolute atomic E-state index is 0.116. The Morgan fingerprint density at radius 3 is 2.50 bits per heavy atom. The molecule has 1 aromatic carbocycles. The van der Waals surface area contributed by atoms with Gasteiger partial charge in [0.2, 0.25) is 0 Å². The predicted molar refractivity (Wildman–Crippen MR) is 108 cm³/mol. The van der Waals surface area contributed by atoms with Crippen molar-refractivity contribution < 1.29 is 23.9 Å². The maximum absolute atomic E-state index is 12.6. The Balaban J connectivity index is 2.33. The molecule has 0 radical (unpaired) electrons. The Hall–Kier alpha value is -3.07. The molecule has 28 heavy (non-hydrogen) atoms. The quantitative estimate of drug-likeness (QED) is 0.457. The average molecular weight is 405 g/mol. The molecule has 0 unspecified atom stereocenters. The number of nitrogens with one attached hydrogen (secondary N) is 1. The second-order valence-corrected chi connectivity index (χ2v) is 6.92. The van der Waals surface area contributed by atoms with Crippen LogP contribution in [0, 0.1) is 6.92 Å². The lowest BCUT2D eigenvalue weighted by Crippen LogP contribution is -2.15. The van der Waals surface area contributed by atoms with Crippen molar-refractivity contribution >= 4 is 39.8 Å². The zero-order chi connectivity index (χ0) is 20.8. The molecule has 0 aliphatic rings. The first-order chi connectivity index (χ1) is 13.3. The number of primary amides is 1. The average Bonchev–Trinajstić information content (AvgIpc) is 2.97. The minimum Gasteiger partial charge on any atom is -0.491 e. The van der Waals surface area contributed by atoms with E-state index in [9.17, 15) is 14.4 Å². The number of anilines is 2. The van der Waals surface area contributed by atoms with Crippen LogP contribution in [0.4, 0.5) is 10.7 Å². The van der Waals surface area contributed by atoms with E-state index in [1.54, 1.807) is 26.0 Å². The first-order valence-electron chi connectivity index (χ1n) is 8.74. The van der Waals surface area contributed by atoms with Gasteiger partial charge in [-0.25, -0.2) is 4.79 Å². The van der Waals surface area contributed by atoms with Gasteiger partial charge in [0, 0.05) is 5.56 Å². The van der Waals surface area contributed by atoms with Gasteiger partial charge in [-0.15, -0.1) is 11.3 Å². The molecule has 0 atom stereocenters. The summed E-state index contributed by atoms with van der Waals surface area (Å²) in [7, 11) is 0. The predicted octanol–water partition coefficient (Wildman–Crippen LogP) is 2.96. The van der Waals surface area contributed by atoms with Crippen LogP contribution in [-0.4, -0.2) is 31.0 Å². The molecule has 0 bridgehead atoms. The standard InChI is InChI=1S/C19H23N3O5S/c1-4-8-27-13-7-6-11(9-12(13)20)17(24)22-18-14(19(25)26-5-2)10(3)15(28-18)16(21)23/h6-7,9H,4-5,8,20H2,1-3H3,(H2,21,23)(H,22,24). The summed E-state index contributed by atoms with van der Waals surface area (Å²) in [5.41, 5.74) is 12.4. The number of amides is 2. The molecule has 1 aromatic heterocycles. The third-order valence-electron chi connectivity index (χ3n) is 3.81. The van der Waals surface area contributed by atoms with Gasteiger partial charge in [0.15, 0.2) is 0 Å². The molecule has 2 rings (SSSR count). The van der Waals surface area contributed by atoms with Crippen molar-refractivity contribution in [3.8, 4) is 5.75 Å². The number of carbonyl (C=O) groups is 3. The van der Waals surface area contributed by atoms with Gasteiger partial charge in [0.1, 0.15) is 10.8 Å². The molecule has 1 heterocycles. The van der Waals surface area contributed by atoms with Crippen molar-refractivity contribution in [3.63, 3.8) is 0 Å². The summed E-state index contributed by atoms with van der Waals surface area (Å²) in [5.74, 6) is -1.32. The number of benzene rings is 1. The fraction of sp³-hybridized carbons (Fsp3) is 0.316. The first-order valence-corrected chi connectivity index (χ1v) is 9.55. The van der Waals surface area contributed by atoms with Crippen molar-refractivity contribution in [3.05, 3.63) is 39.8 Å². The van der Waals surface area contributed by atoms with Gasteiger partial charge in [-0.1, -0.05) is 6.92 Å². The lowest BCUT2D eigenvalue weighted by atomic mass is 10.1. The zero-order valence-corrected chi connectivity index (χ0v) is 16.8. The topological polar surface area (TPSA) is 134 Å². The maximum Gasteiger partial charge on any atom is 0.341 e. The maximum atomic E-state index is 12.6. The minimum atomic E-state index is -0.685. The zero-order valence-electron chi connectivity index (χ0n) is 16.0. The Morgan fingerprint density at radius 2 is 1.93 bits per heavy atom. The number of hydrogen-bond acceptors (Lipinski definition) is 7. The van der Waals surface area contributed by atoms with Gasteiger partial charge < -0.3 is 26.3 Å². The van der Waals surface area contributed by atoms with Crippen LogP contribution in [0.1, 0.15) is 56.2 Å². The van der Waals surface area contributed by atoms with E-state index in [1.807, 2.05) is 6.92 Å². The number of nitrogens with two attached hydrogens (primary N) is 2. The van der Waals surface area contributed by atoms with E-state index in [1.165, 1.54) is 6.07 Å². The van der Waals surface area contributed by atoms with Crippen LogP contribution in [0.15, 0.2) is 18.2 Å². The van der Waals surface area contributed by atoms with Gasteiger partial charge in [-0.2, -0.15) is 0 Å². The van der Waals surface area contributed by atoms with Crippen LogP contribution >= 0.6 is 11.3 Å². The number of carbonyl (C=O) groups excluding carboxylic acids is 3. The summed E-state index contributed by atoms with van der Waals surface area (Å²) in [4.78, 5) is 36.7. The number of ether oxygens (including phenoxy) is 2. The largest absolute Gasteiger partial charge is 0.491 e. The second-order valence-electron chi connectivity index (χ2n) is 5.90. The smallest absolute Gasteiger partial charge is 0.341 e. The highest BCUT2D eigenvalue weighted by Gasteiger charge is 2.26. The molecular formula is C19H23N3O5S. The number of nitrogen functional groups attached to an aromatic ring is 1. The molecule has 0 saturated carbocycles. The Kier molecular flexibility index (Phi) is 7.00. The van der Waals surface area contributed by atoms with E-state index in [2.05, 4.69) is 5.32 Å². The number of esters is 1. The molecule has 9 heteroatoms.